The van der Waals surface area contributed by atoms with Gasteiger partial charge in [0.1, 0.15) is 0 Å². The topological polar surface area (TPSA) is 43.8 Å². The fourth-order valence-corrected chi connectivity index (χ4v) is 0.711. The first-order valence-corrected chi connectivity index (χ1v) is 2.94. The van der Waals surface area contributed by atoms with Crippen molar-refractivity contribution in [2.24, 2.45) is 5.73 Å². The lowest BCUT2D eigenvalue weighted by molar-refractivity contribution is 0.632. The minimum Gasteiger partial charge on any atom is -0.312 e. The second-order valence-corrected chi connectivity index (χ2v) is 2.12. The summed E-state index contributed by atoms with van der Waals surface area (Å²) in [5.41, 5.74) is 7.58. The summed E-state index contributed by atoms with van der Waals surface area (Å²) in [6.45, 7) is 4.46. The zero-order valence-electron chi connectivity index (χ0n) is 5.76. The molecule has 1 rings (SSSR count). The zero-order chi connectivity index (χ0) is 6.85. The molecular weight excluding hydrogens is 114 g/mol. The van der Waals surface area contributed by atoms with E-state index in [0.717, 1.165) is 5.69 Å². The van der Waals surface area contributed by atoms with Gasteiger partial charge in [0.15, 0.2) is 0 Å². The summed E-state index contributed by atoms with van der Waals surface area (Å²) in [6.07, 6.45) is 1.94. The van der Waals surface area contributed by atoms with Crippen LogP contribution in [0.15, 0.2) is 6.20 Å². The van der Waals surface area contributed by atoms with Crippen LogP contribution in [0.1, 0.15) is 11.3 Å². The summed E-state index contributed by atoms with van der Waals surface area (Å²) in [7, 11) is 0. The Labute approximate surface area is 54.5 Å². The highest BCUT2D eigenvalue weighted by molar-refractivity contribution is 5.11. The molecule has 0 saturated carbocycles. The number of nitrogens with zero attached hydrogens (tertiary/aromatic N) is 2. The lowest BCUT2D eigenvalue weighted by atomic mass is 10.3. The molecule has 0 saturated heterocycles. The van der Waals surface area contributed by atoms with Gasteiger partial charge in [-0.15, -0.1) is 0 Å². The summed E-state index contributed by atoms with van der Waals surface area (Å²) in [6, 6.07) is 0. The third kappa shape index (κ3) is 1.10. The smallest absolute Gasteiger partial charge is 0.0878 e. The molecule has 0 bridgehead atoms. The van der Waals surface area contributed by atoms with Crippen molar-refractivity contribution >= 4 is 0 Å². The van der Waals surface area contributed by atoms with Gasteiger partial charge in [-0.25, -0.2) is 0 Å². The van der Waals surface area contributed by atoms with Gasteiger partial charge in [0.25, 0.3) is 0 Å². The van der Waals surface area contributed by atoms with E-state index in [1.807, 2.05) is 20.0 Å². The fourth-order valence-electron chi connectivity index (χ4n) is 0.711. The van der Waals surface area contributed by atoms with Crippen LogP contribution in [0.2, 0.25) is 0 Å². The predicted octanol–water partition coefficient (Wildman–Crippen LogP) is 0.416. The van der Waals surface area contributed by atoms with Crippen LogP contribution in [0.3, 0.4) is 0 Å². The first kappa shape index (κ1) is 6.29. The van der Waals surface area contributed by atoms with Crippen molar-refractivity contribution in [3.8, 4) is 0 Å². The number of aromatic nitrogens is 2. The molecule has 1 aromatic rings. The minimum absolute atomic E-state index is 0.467. The maximum absolute atomic E-state index is 5.33. The number of aryl methyl sites for hydroxylation is 2. The van der Waals surface area contributed by atoms with Crippen LogP contribution in [0.4, 0.5) is 0 Å². The van der Waals surface area contributed by atoms with E-state index in [9.17, 15) is 0 Å². The number of hydrogen-bond acceptors (Lipinski definition) is 2. The van der Waals surface area contributed by atoms with E-state index in [0.29, 0.717) is 6.67 Å². The van der Waals surface area contributed by atoms with E-state index >= 15 is 0 Å². The third-order valence-electron chi connectivity index (χ3n) is 1.38. The van der Waals surface area contributed by atoms with Crippen molar-refractivity contribution < 1.29 is 0 Å². The van der Waals surface area contributed by atoms with Crippen LogP contribution in [-0.4, -0.2) is 9.78 Å². The Morgan fingerprint density at radius 3 is 2.56 bits per heavy atom. The molecule has 0 aliphatic rings. The molecule has 0 amide bonds. The Morgan fingerprint density at radius 2 is 2.33 bits per heavy atom. The molecule has 3 nitrogen and oxygen atoms in total. The SMILES string of the molecule is Cc1cn(CN)nc1C. The molecule has 0 aliphatic carbocycles. The predicted molar refractivity (Wildman–Crippen MR) is 35.9 cm³/mol. The number of rotatable bonds is 1. The van der Waals surface area contributed by atoms with Gasteiger partial charge in [0.2, 0.25) is 0 Å². The van der Waals surface area contributed by atoms with E-state index in [2.05, 4.69) is 5.10 Å². The van der Waals surface area contributed by atoms with E-state index < -0.39 is 0 Å². The molecule has 0 unspecified atom stereocenters. The summed E-state index contributed by atoms with van der Waals surface area (Å²) in [5.74, 6) is 0. The fraction of sp³-hybridized carbons (Fsp3) is 0.500. The molecule has 1 aromatic heterocycles. The molecule has 3 heteroatoms. The van der Waals surface area contributed by atoms with Gasteiger partial charge in [-0.3, -0.25) is 4.68 Å². The number of nitrogens with two attached hydrogens (primary N) is 1. The first-order valence-electron chi connectivity index (χ1n) is 2.94. The zero-order valence-corrected chi connectivity index (χ0v) is 5.76. The molecule has 0 aliphatic heterocycles. The molecular formula is C6H11N3. The second kappa shape index (κ2) is 2.19. The number of hydrogen-bond donors (Lipinski definition) is 1. The maximum Gasteiger partial charge on any atom is 0.0878 e. The largest absolute Gasteiger partial charge is 0.312 e. The Balaban J connectivity index is 2.98. The molecule has 0 aromatic carbocycles. The Bertz CT molecular complexity index is 183. The molecule has 50 valence electrons. The third-order valence-corrected chi connectivity index (χ3v) is 1.38. The van der Waals surface area contributed by atoms with Crippen molar-refractivity contribution in [3.63, 3.8) is 0 Å². The summed E-state index contributed by atoms with van der Waals surface area (Å²) in [5, 5.41) is 4.12. The first-order chi connectivity index (χ1) is 4.24. The van der Waals surface area contributed by atoms with Gasteiger partial charge in [0.05, 0.1) is 12.4 Å². The minimum atomic E-state index is 0.467. The highest BCUT2D eigenvalue weighted by Gasteiger charge is 1.95. The Kier molecular flexibility index (Phi) is 1.53. The van der Waals surface area contributed by atoms with Crippen molar-refractivity contribution in [2.75, 3.05) is 0 Å². The van der Waals surface area contributed by atoms with E-state index in [-0.39, 0.29) is 0 Å². The molecule has 9 heavy (non-hydrogen) atoms. The van der Waals surface area contributed by atoms with E-state index in [1.54, 1.807) is 4.68 Å². The highest BCUT2D eigenvalue weighted by atomic mass is 15.3. The Morgan fingerprint density at radius 1 is 1.67 bits per heavy atom. The molecule has 0 radical (unpaired) electrons. The average molecular weight is 125 g/mol. The van der Waals surface area contributed by atoms with E-state index in [1.165, 1.54) is 5.56 Å². The lowest BCUT2D eigenvalue weighted by Gasteiger charge is -1.89. The summed E-state index contributed by atoms with van der Waals surface area (Å²) in [4.78, 5) is 0. The summed E-state index contributed by atoms with van der Waals surface area (Å²) < 4.78 is 1.73. The average Bonchev–Trinajstić information content (AvgIpc) is 2.13. The van der Waals surface area contributed by atoms with Crippen molar-refractivity contribution in [3.05, 3.63) is 17.5 Å². The standard InChI is InChI=1S/C6H11N3/c1-5-3-9(4-7)8-6(5)2/h3H,4,7H2,1-2H3. The van der Waals surface area contributed by atoms with Gasteiger partial charge >= 0.3 is 0 Å². The molecule has 0 atom stereocenters. The quantitative estimate of drug-likeness (QED) is 0.591. The monoisotopic (exact) mass is 125 g/mol. The Hall–Kier alpha value is -0.830. The van der Waals surface area contributed by atoms with E-state index in [4.69, 9.17) is 5.73 Å². The highest BCUT2D eigenvalue weighted by Crippen LogP contribution is 2.00. The van der Waals surface area contributed by atoms with Crippen LogP contribution in [0.25, 0.3) is 0 Å². The van der Waals surface area contributed by atoms with Gasteiger partial charge in [-0.1, -0.05) is 0 Å². The molecule has 2 N–H and O–H groups in total. The molecule has 0 spiro atoms. The van der Waals surface area contributed by atoms with Crippen LogP contribution >= 0.6 is 0 Å². The van der Waals surface area contributed by atoms with Gasteiger partial charge in [-0.05, 0) is 19.4 Å². The van der Waals surface area contributed by atoms with Crippen LogP contribution in [0, 0.1) is 13.8 Å². The normalized spacial score (nSPS) is 10.1. The maximum atomic E-state index is 5.33. The second-order valence-electron chi connectivity index (χ2n) is 2.12. The van der Waals surface area contributed by atoms with Crippen LogP contribution < -0.4 is 5.73 Å². The molecule has 1 heterocycles. The van der Waals surface area contributed by atoms with Crippen LogP contribution in [0.5, 0.6) is 0 Å². The van der Waals surface area contributed by atoms with Gasteiger partial charge < -0.3 is 5.73 Å². The van der Waals surface area contributed by atoms with Crippen molar-refractivity contribution in [1.29, 1.82) is 0 Å². The van der Waals surface area contributed by atoms with Gasteiger partial charge in [0, 0.05) is 6.20 Å². The van der Waals surface area contributed by atoms with Gasteiger partial charge in [-0.2, -0.15) is 5.10 Å². The van der Waals surface area contributed by atoms with Crippen molar-refractivity contribution in [1.82, 2.24) is 9.78 Å². The molecule has 0 fully saturated rings. The van der Waals surface area contributed by atoms with Crippen molar-refractivity contribution in [2.45, 2.75) is 20.5 Å². The summed E-state index contributed by atoms with van der Waals surface area (Å²) >= 11 is 0. The lowest BCUT2D eigenvalue weighted by Crippen LogP contribution is -2.06. The van der Waals surface area contributed by atoms with Crippen LogP contribution in [-0.2, 0) is 6.67 Å².